The topological polar surface area (TPSA) is 9.23 Å². The molecule has 0 aromatic rings. The molecule has 1 nitrogen and oxygen atoms in total. The lowest BCUT2D eigenvalue weighted by Gasteiger charge is -1.78. The van der Waals surface area contributed by atoms with Crippen molar-refractivity contribution >= 4 is 0 Å². The van der Waals surface area contributed by atoms with Crippen LogP contribution in [-0.4, -0.2) is 13.7 Å². The Kier molecular flexibility index (Phi) is 6.22. The molecule has 1 heteroatoms. The third-order valence-corrected chi connectivity index (χ3v) is 0.634. The van der Waals surface area contributed by atoms with E-state index in [9.17, 15) is 0 Å². The summed E-state index contributed by atoms with van der Waals surface area (Å²) in [6.45, 7) is 3.98. The van der Waals surface area contributed by atoms with Crippen LogP contribution >= 0.6 is 0 Å². The number of hydrogen-bond donors (Lipinski definition) is 0. The maximum atomic E-state index is 4.69. The van der Waals surface area contributed by atoms with Crippen molar-refractivity contribution in [1.29, 1.82) is 0 Å². The van der Waals surface area contributed by atoms with Gasteiger partial charge >= 0.3 is 0 Å². The standard InChI is InChI=1S/C8H10O/c1-3-4-5-6-7-8-9-2/h3-5H,1,8H2,2H3. The summed E-state index contributed by atoms with van der Waals surface area (Å²) in [5.41, 5.74) is 0. The molecule has 0 N–H and O–H groups in total. The summed E-state index contributed by atoms with van der Waals surface area (Å²) in [6, 6.07) is 0. The Labute approximate surface area is 56.0 Å². The molecule has 0 aromatic carbocycles. The van der Waals surface area contributed by atoms with Crippen LogP contribution in [0.4, 0.5) is 0 Å². The van der Waals surface area contributed by atoms with Gasteiger partial charge in [0.25, 0.3) is 0 Å². The van der Waals surface area contributed by atoms with E-state index >= 15 is 0 Å². The zero-order valence-electron chi connectivity index (χ0n) is 5.55. The van der Waals surface area contributed by atoms with Gasteiger partial charge in [-0.3, -0.25) is 0 Å². The number of hydrogen-bond acceptors (Lipinski definition) is 1. The number of ether oxygens (including phenoxy) is 1. The van der Waals surface area contributed by atoms with E-state index in [1.54, 1.807) is 25.3 Å². The van der Waals surface area contributed by atoms with E-state index in [2.05, 4.69) is 23.2 Å². The average Bonchev–Trinajstić information content (AvgIpc) is 1.89. The largest absolute Gasteiger partial charge is 0.372 e. The Morgan fingerprint density at radius 1 is 1.67 bits per heavy atom. The van der Waals surface area contributed by atoms with Gasteiger partial charge in [0.05, 0.1) is 0 Å². The fraction of sp³-hybridized carbons (Fsp3) is 0.250. The third kappa shape index (κ3) is 7.00. The van der Waals surface area contributed by atoms with Crippen LogP contribution in [0.25, 0.3) is 0 Å². The molecule has 0 saturated heterocycles. The molecule has 0 atom stereocenters. The van der Waals surface area contributed by atoms with Crippen LogP contribution in [0.1, 0.15) is 0 Å². The van der Waals surface area contributed by atoms with E-state index in [-0.39, 0.29) is 0 Å². The van der Waals surface area contributed by atoms with E-state index in [1.807, 2.05) is 0 Å². The van der Waals surface area contributed by atoms with Gasteiger partial charge in [0, 0.05) is 7.11 Å². The lowest BCUT2D eigenvalue weighted by molar-refractivity contribution is 0.240. The maximum absolute atomic E-state index is 4.69. The molecule has 0 radical (unpaired) electrons. The third-order valence-electron chi connectivity index (χ3n) is 0.634. The van der Waals surface area contributed by atoms with Crippen molar-refractivity contribution in [2.45, 2.75) is 0 Å². The molecule has 0 unspecified atom stereocenters. The first kappa shape index (κ1) is 8.00. The van der Waals surface area contributed by atoms with Crippen molar-refractivity contribution < 1.29 is 4.74 Å². The van der Waals surface area contributed by atoms with Crippen molar-refractivity contribution in [2.75, 3.05) is 13.7 Å². The van der Waals surface area contributed by atoms with Crippen molar-refractivity contribution in [1.82, 2.24) is 0 Å². The molecule has 0 rings (SSSR count). The smallest absolute Gasteiger partial charge is 0.107 e. The summed E-state index contributed by atoms with van der Waals surface area (Å²) in [7, 11) is 1.62. The van der Waals surface area contributed by atoms with Gasteiger partial charge in [-0.2, -0.15) is 0 Å². The van der Waals surface area contributed by atoms with Crippen molar-refractivity contribution in [3.8, 4) is 11.8 Å². The van der Waals surface area contributed by atoms with E-state index < -0.39 is 0 Å². The molecule has 48 valence electrons. The Morgan fingerprint density at radius 2 is 2.44 bits per heavy atom. The van der Waals surface area contributed by atoms with Gasteiger partial charge in [-0.05, 0) is 6.08 Å². The second-order valence-corrected chi connectivity index (χ2v) is 1.35. The SMILES string of the molecule is C=CC=CC#CCOC. The molecule has 0 fully saturated rings. The quantitative estimate of drug-likeness (QED) is 0.397. The summed E-state index contributed by atoms with van der Waals surface area (Å²) in [5.74, 6) is 5.52. The Bertz CT molecular complexity index is 146. The van der Waals surface area contributed by atoms with Gasteiger partial charge in [-0.15, -0.1) is 0 Å². The highest BCUT2D eigenvalue weighted by Gasteiger charge is 1.63. The molecular weight excluding hydrogens is 112 g/mol. The predicted octanol–water partition coefficient (Wildman–Crippen LogP) is 1.38. The number of allylic oxidation sites excluding steroid dienone is 3. The van der Waals surface area contributed by atoms with Crippen LogP contribution in [-0.2, 0) is 4.74 Å². The monoisotopic (exact) mass is 122 g/mol. The van der Waals surface area contributed by atoms with E-state index in [0.29, 0.717) is 6.61 Å². The van der Waals surface area contributed by atoms with Crippen LogP contribution in [0.3, 0.4) is 0 Å². The highest BCUT2D eigenvalue weighted by atomic mass is 16.5. The van der Waals surface area contributed by atoms with Crippen molar-refractivity contribution in [3.05, 3.63) is 24.8 Å². The van der Waals surface area contributed by atoms with Crippen LogP contribution in [0, 0.1) is 11.8 Å². The minimum Gasteiger partial charge on any atom is -0.372 e. The summed E-state index contributed by atoms with van der Waals surface area (Å²) in [4.78, 5) is 0. The predicted molar refractivity (Wildman–Crippen MR) is 39.0 cm³/mol. The molecule has 0 amide bonds. The maximum Gasteiger partial charge on any atom is 0.107 e. The van der Waals surface area contributed by atoms with Crippen LogP contribution in [0.5, 0.6) is 0 Å². The fourth-order valence-corrected chi connectivity index (χ4v) is 0.289. The van der Waals surface area contributed by atoms with E-state index in [0.717, 1.165) is 0 Å². The summed E-state index contributed by atoms with van der Waals surface area (Å²) >= 11 is 0. The summed E-state index contributed by atoms with van der Waals surface area (Å²) in [6.07, 6.45) is 5.19. The first-order valence-electron chi connectivity index (χ1n) is 2.66. The molecule has 0 spiro atoms. The van der Waals surface area contributed by atoms with Crippen LogP contribution in [0.2, 0.25) is 0 Å². The van der Waals surface area contributed by atoms with E-state index in [4.69, 9.17) is 0 Å². The van der Waals surface area contributed by atoms with Gasteiger partial charge in [0.15, 0.2) is 0 Å². The fourth-order valence-electron chi connectivity index (χ4n) is 0.289. The lowest BCUT2D eigenvalue weighted by Crippen LogP contribution is -1.79. The average molecular weight is 122 g/mol. The minimum atomic E-state index is 0.488. The molecule has 0 aromatic heterocycles. The van der Waals surface area contributed by atoms with Crippen molar-refractivity contribution in [2.24, 2.45) is 0 Å². The number of rotatable bonds is 2. The normalized spacial score (nSPS) is 8.56. The highest BCUT2D eigenvalue weighted by Crippen LogP contribution is 1.69. The van der Waals surface area contributed by atoms with Gasteiger partial charge < -0.3 is 4.74 Å². The zero-order chi connectivity index (χ0) is 6.95. The minimum absolute atomic E-state index is 0.488. The molecule has 9 heavy (non-hydrogen) atoms. The lowest BCUT2D eigenvalue weighted by atomic mass is 10.5. The highest BCUT2D eigenvalue weighted by molar-refractivity contribution is 5.18. The number of methoxy groups -OCH3 is 1. The molecular formula is C8H10O. The Hall–Kier alpha value is -1.00. The van der Waals surface area contributed by atoms with Crippen LogP contribution in [0.15, 0.2) is 24.8 Å². The summed E-state index contributed by atoms with van der Waals surface area (Å²) < 4.78 is 4.69. The second kappa shape index (κ2) is 7.00. The first-order chi connectivity index (χ1) is 4.41. The van der Waals surface area contributed by atoms with Crippen LogP contribution < -0.4 is 0 Å². The van der Waals surface area contributed by atoms with Gasteiger partial charge in [-0.1, -0.05) is 30.6 Å². The molecule has 0 saturated carbocycles. The first-order valence-corrected chi connectivity index (χ1v) is 2.66. The molecule has 0 heterocycles. The molecule has 0 aliphatic rings. The molecule has 0 bridgehead atoms. The van der Waals surface area contributed by atoms with E-state index in [1.165, 1.54) is 0 Å². The molecule has 0 aliphatic heterocycles. The Balaban J connectivity index is 3.36. The van der Waals surface area contributed by atoms with Crippen molar-refractivity contribution in [3.63, 3.8) is 0 Å². The zero-order valence-corrected chi connectivity index (χ0v) is 5.55. The molecule has 0 aliphatic carbocycles. The second-order valence-electron chi connectivity index (χ2n) is 1.35. The summed E-state index contributed by atoms with van der Waals surface area (Å²) in [5, 5.41) is 0. The van der Waals surface area contributed by atoms with Gasteiger partial charge in [0.2, 0.25) is 0 Å². The van der Waals surface area contributed by atoms with Gasteiger partial charge in [-0.25, -0.2) is 0 Å². The Morgan fingerprint density at radius 3 is 3.00 bits per heavy atom. The van der Waals surface area contributed by atoms with Gasteiger partial charge in [0.1, 0.15) is 6.61 Å².